The maximum atomic E-state index is 12.2. The van der Waals surface area contributed by atoms with Gasteiger partial charge in [0, 0.05) is 12.2 Å². The molecule has 110 valence electrons. The van der Waals surface area contributed by atoms with Gasteiger partial charge in [-0.15, -0.1) is 0 Å². The molecule has 0 saturated heterocycles. The fourth-order valence-corrected chi connectivity index (χ4v) is 3.46. The second kappa shape index (κ2) is 5.41. The van der Waals surface area contributed by atoms with Crippen molar-refractivity contribution in [1.29, 1.82) is 0 Å². The van der Waals surface area contributed by atoms with Crippen LogP contribution in [0.15, 0.2) is 23.1 Å². The van der Waals surface area contributed by atoms with Gasteiger partial charge in [-0.1, -0.05) is 6.92 Å². The van der Waals surface area contributed by atoms with E-state index in [-0.39, 0.29) is 22.1 Å². The molecule has 0 spiro atoms. The highest BCUT2D eigenvalue weighted by Gasteiger charge is 2.29. The predicted octanol–water partition coefficient (Wildman–Crippen LogP) is 1.29. The monoisotopic (exact) mass is 298 g/mol. The lowest BCUT2D eigenvalue weighted by molar-refractivity contribution is 0.0692. The maximum Gasteiger partial charge on any atom is 0.337 e. The fraction of sp³-hybridized carbons (Fsp3) is 0.462. The van der Waals surface area contributed by atoms with Crippen molar-refractivity contribution >= 4 is 21.7 Å². The largest absolute Gasteiger partial charge is 0.478 e. The van der Waals surface area contributed by atoms with Gasteiger partial charge in [0.05, 0.1) is 10.5 Å². The van der Waals surface area contributed by atoms with Crippen LogP contribution in [0, 0.1) is 11.8 Å². The summed E-state index contributed by atoms with van der Waals surface area (Å²) in [4.78, 5) is 10.8. The average molecular weight is 298 g/mol. The zero-order valence-corrected chi connectivity index (χ0v) is 12.0. The van der Waals surface area contributed by atoms with Gasteiger partial charge in [-0.2, -0.15) is 0 Å². The molecule has 1 unspecified atom stereocenters. The van der Waals surface area contributed by atoms with E-state index in [1.807, 2.05) is 6.92 Å². The Morgan fingerprint density at radius 3 is 2.70 bits per heavy atom. The number of sulfonamides is 1. The third-order valence-corrected chi connectivity index (χ3v) is 5.01. The first kappa shape index (κ1) is 14.8. The number of benzene rings is 1. The summed E-state index contributed by atoms with van der Waals surface area (Å²) in [7, 11) is -3.87. The number of hydrogen-bond donors (Lipinski definition) is 3. The van der Waals surface area contributed by atoms with Gasteiger partial charge in [-0.3, -0.25) is 0 Å². The molecule has 0 radical (unpaired) electrons. The van der Waals surface area contributed by atoms with E-state index < -0.39 is 16.0 Å². The van der Waals surface area contributed by atoms with E-state index in [4.69, 9.17) is 10.8 Å². The van der Waals surface area contributed by atoms with Crippen LogP contribution in [0.25, 0.3) is 0 Å². The summed E-state index contributed by atoms with van der Waals surface area (Å²) >= 11 is 0. The molecular formula is C13H18N2O4S. The Bertz CT molecular complexity index is 623. The summed E-state index contributed by atoms with van der Waals surface area (Å²) in [5.41, 5.74) is 5.49. The van der Waals surface area contributed by atoms with E-state index in [0.717, 1.165) is 12.8 Å². The summed E-state index contributed by atoms with van der Waals surface area (Å²) in [6.07, 6.45) is 2.25. The molecular weight excluding hydrogens is 280 g/mol. The lowest BCUT2D eigenvalue weighted by Crippen LogP contribution is -2.30. The zero-order chi connectivity index (χ0) is 14.9. The molecule has 0 heterocycles. The van der Waals surface area contributed by atoms with E-state index in [2.05, 4.69) is 4.72 Å². The number of hydrogen-bond acceptors (Lipinski definition) is 4. The number of nitrogen functional groups attached to an aromatic ring is 1. The van der Waals surface area contributed by atoms with E-state index in [1.54, 1.807) is 0 Å². The van der Waals surface area contributed by atoms with Crippen LogP contribution in [-0.2, 0) is 10.0 Å². The number of carbonyl (C=O) groups is 1. The van der Waals surface area contributed by atoms with Gasteiger partial charge in [0.1, 0.15) is 0 Å². The van der Waals surface area contributed by atoms with Crippen molar-refractivity contribution in [2.75, 3.05) is 12.3 Å². The molecule has 0 amide bonds. The minimum absolute atomic E-state index is 0.214. The number of nitrogens with two attached hydrogens (primary N) is 1. The van der Waals surface area contributed by atoms with Crippen molar-refractivity contribution in [3.63, 3.8) is 0 Å². The van der Waals surface area contributed by atoms with Crippen LogP contribution in [0.4, 0.5) is 5.69 Å². The Morgan fingerprint density at radius 1 is 1.50 bits per heavy atom. The Labute approximate surface area is 118 Å². The Morgan fingerprint density at radius 2 is 2.15 bits per heavy atom. The van der Waals surface area contributed by atoms with E-state index in [1.165, 1.54) is 18.2 Å². The summed E-state index contributed by atoms with van der Waals surface area (Å²) < 4.78 is 26.9. The highest BCUT2D eigenvalue weighted by atomic mass is 32.2. The SMILES string of the molecule is CC(CNS(=O)(=O)c1cc(N)ccc1C(=O)O)C1CC1. The van der Waals surface area contributed by atoms with Crippen molar-refractivity contribution < 1.29 is 18.3 Å². The van der Waals surface area contributed by atoms with Crippen molar-refractivity contribution in [2.24, 2.45) is 11.8 Å². The van der Waals surface area contributed by atoms with Crippen LogP contribution >= 0.6 is 0 Å². The molecule has 2 rings (SSSR count). The quantitative estimate of drug-likeness (QED) is 0.686. The normalized spacial score (nSPS) is 16.9. The third-order valence-electron chi connectivity index (χ3n) is 3.55. The van der Waals surface area contributed by atoms with Gasteiger partial charge in [0.2, 0.25) is 10.0 Å². The Hall–Kier alpha value is -1.60. The van der Waals surface area contributed by atoms with Gasteiger partial charge in [0.25, 0.3) is 0 Å². The first-order chi connectivity index (χ1) is 9.31. The van der Waals surface area contributed by atoms with Crippen molar-refractivity contribution in [3.05, 3.63) is 23.8 Å². The minimum atomic E-state index is -3.87. The smallest absolute Gasteiger partial charge is 0.337 e. The van der Waals surface area contributed by atoms with E-state index in [9.17, 15) is 13.2 Å². The molecule has 1 saturated carbocycles. The highest BCUT2D eigenvalue weighted by Crippen LogP contribution is 2.36. The molecule has 0 aromatic heterocycles. The first-order valence-electron chi connectivity index (χ1n) is 6.44. The van der Waals surface area contributed by atoms with E-state index in [0.29, 0.717) is 12.5 Å². The number of carboxylic acid groups (broad SMARTS) is 1. The van der Waals surface area contributed by atoms with Crippen LogP contribution < -0.4 is 10.5 Å². The molecule has 0 aliphatic heterocycles. The predicted molar refractivity (Wildman–Crippen MR) is 74.9 cm³/mol. The molecule has 1 aromatic carbocycles. The van der Waals surface area contributed by atoms with Gasteiger partial charge >= 0.3 is 5.97 Å². The topological polar surface area (TPSA) is 109 Å². The minimum Gasteiger partial charge on any atom is -0.478 e. The molecule has 1 fully saturated rings. The molecule has 4 N–H and O–H groups in total. The lowest BCUT2D eigenvalue weighted by Gasteiger charge is -2.13. The van der Waals surface area contributed by atoms with Gasteiger partial charge in [-0.05, 0) is 42.9 Å². The summed E-state index contributed by atoms with van der Waals surface area (Å²) in [5, 5.41) is 9.06. The number of anilines is 1. The second-order valence-corrected chi connectivity index (χ2v) is 6.96. The Balaban J connectivity index is 2.23. The van der Waals surface area contributed by atoms with Crippen LogP contribution in [-0.4, -0.2) is 26.0 Å². The number of aromatic carboxylic acids is 1. The van der Waals surface area contributed by atoms with E-state index >= 15 is 0 Å². The maximum absolute atomic E-state index is 12.2. The lowest BCUT2D eigenvalue weighted by atomic mass is 10.1. The fourth-order valence-electron chi connectivity index (χ4n) is 2.09. The molecule has 1 aliphatic rings. The van der Waals surface area contributed by atoms with Gasteiger partial charge in [0.15, 0.2) is 0 Å². The molecule has 1 atom stereocenters. The number of carboxylic acids is 1. The molecule has 0 bridgehead atoms. The molecule has 7 heteroatoms. The number of nitrogens with one attached hydrogen (secondary N) is 1. The standard InChI is InChI=1S/C13H18N2O4S/c1-8(9-2-3-9)7-15-20(18,19)12-6-10(14)4-5-11(12)13(16)17/h4-6,8-9,15H,2-3,7,14H2,1H3,(H,16,17). The van der Waals surface area contributed by atoms with Crippen LogP contribution in [0.2, 0.25) is 0 Å². The third kappa shape index (κ3) is 3.29. The van der Waals surface area contributed by atoms with Crippen molar-refractivity contribution in [3.8, 4) is 0 Å². The van der Waals surface area contributed by atoms with Gasteiger partial charge in [-0.25, -0.2) is 17.9 Å². The van der Waals surface area contributed by atoms with Crippen LogP contribution in [0.3, 0.4) is 0 Å². The van der Waals surface area contributed by atoms with Gasteiger partial charge < -0.3 is 10.8 Å². The molecule has 1 aromatic rings. The number of rotatable bonds is 6. The molecule has 6 nitrogen and oxygen atoms in total. The average Bonchev–Trinajstić information content (AvgIpc) is 3.20. The highest BCUT2D eigenvalue weighted by molar-refractivity contribution is 7.89. The first-order valence-corrected chi connectivity index (χ1v) is 7.92. The summed E-state index contributed by atoms with van der Waals surface area (Å²) in [6.45, 7) is 2.29. The summed E-state index contributed by atoms with van der Waals surface area (Å²) in [5.74, 6) is -0.475. The van der Waals surface area contributed by atoms with Crippen molar-refractivity contribution in [2.45, 2.75) is 24.7 Å². The Kier molecular flexibility index (Phi) is 4.01. The zero-order valence-electron chi connectivity index (χ0n) is 11.2. The van der Waals surface area contributed by atoms with Crippen LogP contribution in [0.1, 0.15) is 30.1 Å². The summed E-state index contributed by atoms with van der Waals surface area (Å²) in [6, 6.07) is 3.75. The molecule has 1 aliphatic carbocycles. The molecule has 20 heavy (non-hydrogen) atoms. The second-order valence-electron chi connectivity index (χ2n) is 5.23. The van der Waals surface area contributed by atoms with Crippen molar-refractivity contribution in [1.82, 2.24) is 4.72 Å². The van der Waals surface area contributed by atoms with Crippen LogP contribution in [0.5, 0.6) is 0 Å².